The van der Waals surface area contributed by atoms with Crippen molar-refractivity contribution in [3.8, 4) is 0 Å². The topological polar surface area (TPSA) is 16.4 Å². The number of fused-ring (bicyclic) bond motifs is 2. The first kappa shape index (κ1) is 8.94. The van der Waals surface area contributed by atoms with E-state index in [4.69, 9.17) is 6.57 Å². The van der Waals surface area contributed by atoms with Crippen molar-refractivity contribution in [2.75, 3.05) is 0 Å². The van der Waals surface area contributed by atoms with Crippen LogP contribution in [0.1, 0.15) is 30.9 Å². The van der Waals surface area contributed by atoms with Gasteiger partial charge in [-0.25, -0.2) is 4.85 Å². The second-order valence-corrected chi connectivity index (χ2v) is 4.62. The lowest BCUT2D eigenvalue weighted by Gasteiger charge is -2.23. The van der Waals surface area contributed by atoms with Crippen LogP contribution < -0.4 is 5.32 Å². The molecule has 0 spiro atoms. The van der Waals surface area contributed by atoms with Crippen molar-refractivity contribution < 1.29 is 0 Å². The largest absolute Gasteiger partial charge is 0.307 e. The normalized spacial score (nSPS) is 32.9. The Kier molecular flexibility index (Phi) is 2.00. The molecule has 3 rings (SSSR count). The molecule has 2 nitrogen and oxygen atoms in total. The quantitative estimate of drug-likeness (QED) is 0.686. The SMILES string of the molecule is [C-]#[N+]c1ccc(C2NC3CCC2C3)cc1. The highest BCUT2D eigenvalue weighted by Gasteiger charge is 2.39. The summed E-state index contributed by atoms with van der Waals surface area (Å²) >= 11 is 0. The van der Waals surface area contributed by atoms with Gasteiger partial charge in [0.25, 0.3) is 0 Å². The van der Waals surface area contributed by atoms with E-state index in [1.807, 2.05) is 12.1 Å². The lowest BCUT2D eigenvalue weighted by Crippen LogP contribution is -2.28. The third-order valence-electron chi connectivity index (χ3n) is 3.74. The average Bonchev–Trinajstić information content (AvgIpc) is 2.91. The molecule has 0 amide bonds. The van der Waals surface area contributed by atoms with E-state index in [9.17, 15) is 0 Å². The summed E-state index contributed by atoms with van der Waals surface area (Å²) in [6.07, 6.45) is 4.06. The second kappa shape index (κ2) is 3.36. The Morgan fingerprint density at radius 2 is 2.00 bits per heavy atom. The first-order valence-corrected chi connectivity index (χ1v) is 5.60. The molecule has 1 aromatic rings. The highest BCUT2D eigenvalue weighted by Crippen LogP contribution is 2.43. The van der Waals surface area contributed by atoms with Crippen molar-refractivity contribution in [1.29, 1.82) is 0 Å². The van der Waals surface area contributed by atoms with Crippen LogP contribution in [0.2, 0.25) is 0 Å². The number of piperidine rings is 1. The molecule has 15 heavy (non-hydrogen) atoms. The maximum atomic E-state index is 6.92. The minimum atomic E-state index is 0.545. The maximum Gasteiger partial charge on any atom is 0.187 e. The van der Waals surface area contributed by atoms with Gasteiger partial charge in [-0.05, 0) is 30.7 Å². The number of rotatable bonds is 1. The Hall–Kier alpha value is -1.33. The van der Waals surface area contributed by atoms with Crippen LogP contribution in [-0.2, 0) is 0 Å². The van der Waals surface area contributed by atoms with Gasteiger partial charge >= 0.3 is 0 Å². The number of benzene rings is 1. The zero-order valence-corrected chi connectivity index (χ0v) is 8.61. The molecule has 1 aromatic carbocycles. The third-order valence-corrected chi connectivity index (χ3v) is 3.74. The summed E-state index contributed by atoms with van der Waals surface area (Å²) < 4.78 is 0. The summed E-state index contributed by atoms with van der Waals surface area (Å²) in [7, 11) is 0. The summed E-state index contributed by atoms with van der Waals surface area (Å²) in [4.78, 5) is 3.42. The molecule has 0 radical (unpaired) electrons. The molecule has 1 heterocycles. The first-order valence-electron chi connectivity index (χ1n) is 5.60. The van der Waals surface area contributed by atoms with Crippen LogP contribution in [0.15, 0.2) is 24.3 Å². The Balaban J connectivity index is 1.85. The Bertz CT molecular complexity index is 402. The Morgan fingerprint density at radius 3 is 2.53 bits per heavy atom. The number of nitrogens with one attached hydrogen (secondary N) is 1. The summed E-state index contributed by atoms with van der Waals surface area (Å²) in [5, 5.41) is 3.67. The van der Waals surface area contributed by atoms with Gasteiger partial charge in [-0.15, -0.1) is 0 Å². The molecular formula is C13H14N2. The van der Waals surface area contributed by atoms with Crippen LogP contribution in [0.25, 0.3) is 4.85 Å². The predicted molar refractivity (Wildman–Crippen MR) is 59.7 cm³/mol. The van der Waals surface area contributed by atoms with E-state index < -0.39 is 0 Å². The lowest BCUT2D eigenvalue weighted by atomic mass is 9.93. The molecule has 1 aliphatic heterocycles. The fourth-order valence-corrected chi connectivity index (χ4v) is 2.99. The van der Waals surface area contributed by atoms with Crippen LogP contribution in [-0.4, -0.2) is 6.04 Å². The molecule has 3 atom stereocenters. The maximum absolute atomic E-state index is 6.92. The van der Waals surface area contributed by atoms with Crippen molar-refractivity contribution in [1.82, 2.24) is 5.32 Å². The minimum absolute atomic E-state index is 0.545. The van der Waals surface area contributed by atoms with E-state index in [0.29, 0.717) is 6.04 Å². The van der Waals surface area contributed by atoms with Gasteiger partial charge in [0.1, 0.15) is 0 Å². The lowest BCUT2D eigenvalue weighted by molar-refractivity contribution is 0.392. The highest BCUT2D eigenvalue weighted by atomic mass is 15.0. The van der Waals surface area contributed by atoms with Gasteiger partial charge in [0.05, 0.1) is 6.57 Å². The molecule has 2 bridgehead atoms. The van der Waals surface area contributed by atoms with Gasteiger partial charge in [0.2, 0.25) is 0 Å². The molecule has 1 N–H and O–H groups in total. The van der Waals surface area contributed by atoms with Crippen LogP contribution >= 0.6 is 0 Å². The summed E-state index contributed by atoms with van der Waals surface area (Å²) in [6, 6.07) is 9.35. The second-order valence-electron chi connectivity index (χ2n) is 4.62. The Morgan fingerprint density at radius 1 is 1.20 bits per heavy atom. The fraction of sp³-hybridized carbons (Fsp3) is 0.462. The zero-order valence-electron chi connectivity index (χ0n) is 8.61. The molecule has 1 saturated heterocycles. The molecule has 1 aliphatic carbocycles. The smallest absolute Gasteiger partial charge is 0.187 e. The van der Waals surface area contributed by atoms with Crippen molar-refractivity contribution in [3.63, 3.8) is 0 Å². The molecule has 2 heteroatoms. The minimum Gasteiger partial charge on any atom is -0.307 e. The van der Waals surface area contributed by atoms with Gasteiger partial charge in [0, 0.05) is 12.1 Å². The molecular weight excluding hydrogens is 184 g/mol. The summed E-state index contributed by atoms with van der Waals surface area (Å²) in [5.41, 5.74) is 2.09. The molecule has 2 aliphatic rings. The number of nitrogens with zero attached hydrogens (tertiary/aromatic N) is 1. The van der Waals surface area contributed by atoms with E-state index in [-0.39, 0.29) is 0 Å². The molecule has 3 unspecified atom stereocenters. The molecule has 2 fully saturated rings. The van der Waals surface area contributed by atoms with Gasteiger partial charge in [0.15, 0.2) is 5.69 Å². The predicted octanol–water partition coefficient (Wildman–Crippen LogP) is 3.05. The fourth-order valence-electron chi connectivity index (χ4n) is 2.99. The summed E-state index contributed by atoms with van der Waals surface area (Å²) in [5.74, 6) is 0.828. The average molecular weight is 198 g/mol. The van der Waals surface area contributed by atoms with Crippen molar-refractivity contribution >= 4 is 5.69 Å². The third kappa shape index (κ3) is 1.44. The van der Waals surface area contributed by atoms with Crippen molar-refractivity contribution in [3.05, 3.63) is 41.2 Å². The van der Waals surface area contributed by atoms with E-state index in [0.717, 1.165) is 17.6 Å². The zero-order chi connectivity index (χ0) is 10.3. The van der Waals surface area contributed by atoms with E-state index >= 15 is 0 Å². The molecule has 0 aromatic heterocycles. The number of hydrogen-bond donors (Lipinski definition) is 1. The van der Waals surface area contributed by atoms with Gasteiger partial charge < -0.3 is 5.32 Å². The van der Waals surface area contributed by atoms with Gasteiger partial charge in [-0.3, -0.25) is 0 Å². The van der Waals surface area contributed by atoms with Crippen LogP contribution in [0, 0.1) is 12.5 Å². The van der Waals surface area contributed by atoms with Gasteiger partial charge in [-0.1, -0.05) is 24.3 Å². The standard InChI is InChI=1S/C13H14N2/c1-14-11-5-2-9(3-6-11)13-10-4-7-12(8-10)15-13/h2-3,5-6,10,12-13,15H,4,7-8H2. The van der Waals surface area contributed by atoms with Gasteiger partial charge in [-0.2, -0.15) is 0 Å². The highest BCUT2D eigenvalue weighted by molar-refractivity contribution is 5.46. The van der Waals surface area contributed by atoms with Crippen LogP contribution in [0.3, 0.4) is 0 Å². The van der Waals surface area contributed by atoms with E-state index in [1.165, 1.54) is 24.8 Å². The molecule has 76 valence electrons. The van der Waals surface area contributed by atoms with E-state index in [2.05, 4.69) is 22.3 Å². The monoisotopic (exact) mass is 198 g/mol. The van der Waals surface area contributed by atoms with Crippen LogP contribution in [0.5, 0.6) is 0 Å². The molecule has 1 saturated carbocycles. The van der Waals surface area contributed by atoms with Crippen molar-refractivity contribution in [2.45, 2.75) is 31.3 Å². The Labute approximate surface area is 90.1 Å². The number of hydrogen-bond acceptors (Lipinski definition) is 1. The summed E-state index contributed by atoms with van der Waals surface area (Å²) in [6.45, 7) is 6.92. The first-order chi connectivity index (χ1) is 7.36. The van der Waals surface area contributed by atoms with Crippen molar-refractivity contribution in [2.24, 2.45) is 5.92 Å². The van der Waals surface area contributed by atoms with Crippen LogP contribution in [0.4, 0.5) is 5.69 Å². The van der Waals surface area contributed by atoms with E-state index in [1.54, 1.807) is 0 Å².